The number of benzene rings is 1. The number of nitrogens with zero attached hydrogens (tertiary/aromatic N) is 1. The third-order valence-electron chi connectivity index (χ3n) is 2.10. The summed E-state index contributed by atoms with van der Waals surface area (Å²) in [5.74, 6) is 0. The van der Waals surface area contributed by atoms with Gasteiger partial charge in [-0.05, 0) is 19.9 Å². The van der Waals surface area contributed by atoms with E-state index in [2.05, 4.69) is 42.7 Å². The van der Waals surface area contributed by atoms with E-state index < -0.39 is 0 Å². The summed E-state index contributed by atoms with van der Waals surface area (Å²) in [7, 11) is 0. The SMILES string of the molecule is CC(C)n1c[c]c2ccccc21. The first kappa shape index (κ1) is 7.41. The van der Waals surface area contributed by atoms with Gasteiger partial charge in [0.2, 0.25) is 0 Å². The minimum absolute atomic E-state index is 0.515. The molecule has 2 aromatic rings. The Morgan fingerprint density at radius 1 is 1.25 bits per heavy atom. The molecule has 1 nitrogen and oxygen atoms in total. The zero-order valence-electron chi connectivity index (χ0n) is 7.41. The molecule has 0 bridgehead atoms. The van der Waals surface area contributed by atoms with Gasteiger partial charge in [-0.25, -0.2) is 0 Å². The number of aromatic nitrogens is 1. The zero-order valence-corrected chi connectivity index (χ0v) is 7.41. The standard InChI is InChI=1S/C11H12N/c1-9(2)12-8-7-10-5-3-4-6-11(10)12/h3-6,8-9H,1-2H3. The van der Waals surface area contributed by atoms with Crippen LogP contribution in [0.25, 0.3) is 10.9 Å². The lowest BCUT2D eigenvalue weighted by atomic mass is 10.2. The molecule has 0 spiro atoms. The van der Waals surface area contributed by atoms with E-state index in [1.54, 1.807) is 0 Å². The molecule has 0 amide bonds. The average Bonchev–Trinajstić information content (AvgIpc) is 2.47. The summed E-state index contributed by atoms with van der Waals surface area (Å²) in [5.41, 5.74) is 1.27. The molecular weight excluding hydrogens is 146 g/mol. The molecular formula is C11H12N. The first-order valence-corrected chi connectivity index (χ1v) is 4.26. The second kappa shape index (κ2) is 2.67. The summed E-state index contributed by atoms with van der Waals surface area (Å²) in [6, 6.07) is 12.1. The Morgan fingerprint density at radius 3 is 2.75 bits per heavy atom. The first-order chi connectivity index (χ1) is 5.79. The molecule has 1 radical (unpaired) electrons. The Morgan fingerprint density at radius 2 is 2.00 bits per heavy atom. The van der Waals surface area contributed by atoms with Gasteiger partial charge in [-0.2, -0.15) is 0 Å². The number of fused-ring (bicyclic) bond motifs is 1. The summed E-state index contributed by atoms with van der Waals surface area (Å²) in [5, 5.41) is 1.20. The average molecular weight is 158 g/mol. The zero-order chi connectivity index (χ0) is 8.55. The lowest BCUT2D eigenvalue weighted by Gasteiger charge is -2.08. The topological polar surface area (TPSA) is 4.93 Å². The Hall–Kier alpha value is -1.24. The lowest BCUT2D eigenvalue weighted by Crippen LogP contribution is -1.97. The minimum Gasteiger partial charge on any atom is -0.344 e. The molecule has 1 aromatic heterocycles. The van der Waals surface area contributed by atoms with E-state index in [-0.39, 0.29) is 0 Å². The maximum Gasteiger partial charge on any atom is 0.0489 e. The third-order valence-corrected chi connectivity index (χ3v) is 2.10. The Kier molecular flexibility index (Phi) is 1.65. The summed E-state index contributed by atoms with van der Waals surface area (Å²) >= 11 is 0. The number of para-hydroxylation sites is 1. The van der Waals surface area contributed by atoms with Crippen molar-refractivity contribution in [3.63, 3.8) is 0 Å². The van der Waals surface area contributed by atoms with Crippen molar-refractivity contribution in [3.8, 4) is 0 Å². The molecule has 0 aliphatic heterocycles. The van der Waals surface area contributed by atoms with Crippen LogP contribution in [0.3, 0.4) is 0 Å². The maximum absolute atomic E-state index is 3.23. The second-order valence-electron chi connectivity index (χ2n) is 3.29. The molecule has 0 unspecified atom stereocenters. The normalized spacial score (nSPS) is 11.2. The molecule has 12 heavy (non-hydrogen) atoms. The summed E-state index contributed by atoms with van der Waals surface area (Å²) in [6.45, 7) is 4.36. The highest BCUT2D eigenvalue weighted by atomic mass is 15.0. The highest BCUT2D eigenvalue weighted by Crippen LogP contribution is 2.18. The fourth-order valence-electron chi connectivity index (χ4n) is 1.46. The van der Waals surface area contributed by atoms with Gasteiger partial charge in [-0.3, -0.25) is 0 Å². The molecule has 0 atom stereocenters. The number of hydrogen-bond acceptors (Lipinski definition) is 0. The van der Waals surface area contributed by atoms with Crippen LogP contribution < -0.4 is 0 Å². The molecule has 1 aromatic carbocycles. The molecule has 0 saturated heterocycles. The number of rotatable bonds is 1. The molecule has 0 aliphatic rings. The van der Waals surface area contributed by atoms with Crippen molar-refractivity contribution >= 4 is 10.9 Å². The van der Waals surface area contributed by atoms with Crippen LogP contribution in [0.2, 0.25) is 0 Å². The van der Waals surface area contributed by atoms with Crippen molar-refractivity contribution < 1.29 is 0 Å². The smallest absolute Gasteiger partial charge is 0.0489 e. The van der Waals surface area contributed by atoms with Crippen molar-refractivity contribution in [2.75, 3.05) is 0 Å². The van der Waals surface area contributed by atoms with Gasteiger partial charge in [0.05, 0.1) is 0 Å². The van der Waals surface area contributed by atoms with Crippen molar-refractivity contribution in [3.05, 3.63) is 36.5 Å². The lowest BCUT2D eigenvalue weighted by molar-refractivity contribution is 0.622. The molecule has 61 valence electrons. The van der Waals surface area contributed by atoms with E-state index >= 15 is 0 Å². The second-order valence-corrected chi connectivity index (χ2v) is 3.29. The van der Waals surface area contributed by atoms with Crippen LogP contribution >= 0.6 is 0 Å². The molecule has 1 heterocycles. The Balaban J connectivity index is 2.70. The highest BCUT2D eigenvalue weighted by molar-refractivity contribution is 5.79. The van der Waals surface area contributed by atoms with Gasteiger partial charge < -0.3 is 4.57 Å². The van der Waals surface area contributed by atoms with E-state index in [4.69, 9.17) is 0 Å². The molecule has 0 saturated carbocycles. The van der Waals surface area contributed by atoms with Crippen molar-refractivity contribution in [2.45, 2.75) is 19.9 Å². The summed E-state index contributed by atoms with van der Waals surface area (Å²) in [4.78, 5) is 0. The molecule has 0 N–H and O–H groups in total. The Bertz CT molecular complexity index is 385. The molecule has 0 fully saturated rings. The van der Waals surface area contributed by atoms with E-state index in [0.717, 1.165) is 0 Å². The van der Waals surface area contributed by atoms with Crippen LogP contribution in [-0.2, 0) is 0 Å². The fourth-order valence-corrected chi connectivity index (χ4v) is 1.46. The van der Waals surface area contributed by atoms with Crippen LogP contribution in [-0.4, -0.2) is 4.57 Å². The van der Waals surface area contributed by atoms with Crippen LogP contribution in [0.1, 0.15) is 19.9 Å². The van der Waals surface area contributed by atoms with E-state index in [1.807, 2.05) is 12.3 Å². The predicted octanol–water partition coefficient (Wildman–Crippen LogP) is 3.02. The monoisotopic (exact) mass is 158 g/mol. The van der Waals surface area contributed by atoms with Crippen LogP contribution in [0, 0.1) is 6.07 Å². The predicted molar refractivity (Wildman–Crippen MR) is 51.2 cm³/mol. The van der Waals surface area contributed by atoms with Crippen LogP contribution in [0.4, 0.5) is 0 Å². The maximum atomic E-state index is 3.23. The minimum atomic E-state index is 0.515. The van der Waals surface area contributed by atoms with Crippen LogP contribution in [0.15, 0.2) is 30.5 Å². The molecule has 1 heteroatoms. The van der Waals surface area contributed by atoms with Crippen molar-refractivity contribution in [1.29, 1.82) is 0 Å². The van der Waals surface area contributed by atoms with Gasteiger partial charge in [-0.15, -0.1) is 0 Å². The first-order valence-electron chi connectivity index (χ1n) is 4.26. The largest absolute Gasteiger partial charge is 0.344 e. The number of hydrogen-bond donors (Lipinski definition) is 0. The van der Waals surface area contributed by atoms with Gasteiger partial charge in [0.25, 0.3) is 0 Å². The fraction of sp³-hybridized carbons (Fsp3) is 0.273. The molecule has 0 aliphatic carbocycles. The Labute approximate surface area is 72.6 Å². The third kappa shape index (κ3) is 1.02. The summed E-state index contributed by atoms with van der Waals surface area (Å²) in [6.07, 6.45) is 2.02. The summed E-state index contributed by atoms with van der Waals surface area (Å²) < 4.78 is 2.23. The quantitative estimate of drug-likeness (QED) is 0.601. The van der Waals surface area contributed by atoms with Gasteiger partial charge in [0, 0.05) is 29.2 Å². The van der Waals surface area contributed by atoms with Gasteiger partial charge >= 0.3 is 0 Å². The highest BCUT2D eigenvalue weighted by Gasteiger charge is 2.01. The van der Waals surface area contributed by atoms with E-state index in [0.29, 0.717) is 6.04 Å². The van der Waals surface area contributed by atoms with E-state index in [9.17, 15) is 0 Å². The molecule has 2 rings (SSSR count). The van der Waals surface area contributed by atoms with Crippen LogP contribution in [0.5, 0.6) is 0 Å². The van der Waals surface area contributed by atoms with E-state index in [1.165, 1.54) is 10.9 Å². The van der Waals surface area contributed by atoms with Gasteiger partial charge in [0.15, 0.2) is 0 Å². The van der Waals surface area contributed by atoms with Gasteiger partial charge in [0.1, 0.15) is 0 Å². The van der Waals surface area contributed by atoms with Gasteiger partial charge in [-0.1, -0.05) is 18.2 Å². The van der Waals surface area contributed by atoms with Crippen molar-refractivity contribution in [1.82, 2.24) is 4.57 Å². The van der Waals surface area contributed by atoms with Crippen molar-refractivity contribution in [2.24, 2.45) is 0 Å².